The highest BCUT2D eigenvalue weighted by atomic mass is 19.4. The van der Waals surface area contributed by atoms with Gasteiger partial charge in [-0.3, -0.25) is 0 Å². The maximum Gasteiger partial charge on any atom is 0.416 e. The van der Waals surface area contributed by atoms with Gasteiger partial charge in [-0.1, -0.05) is 78.9 Å². The molecule has 0 bridgehead atoms. The molecule has 0 atom stereocenters. The van der Waals surface area contributed by atoms with Crippen molar-refractivity contribution >= 4 is 28.0 Å². The third-order valence-corrected chi connectivity index (χ3v) is 10.6. The van der Waals surface area contributed by atoms with Crippen molar-refractivity contribution in [1.82, 2.24) is 4.98 Å². The first-order valence-corrected chi connectivity index (χ1v) is 19.4. The third kappa shape index (κ3) is 13.1. The topological polar surface area (TPSA) is 26.0 Å². The average molecular weight is 1060 g/mol. The van der Waals surface area contributed by atoms with Crippen LogP contribution in [0.15, 0.2) is 122 Å². The largest absolute Gasteiger partial charge is 0.477 e. The summed E-state index contributed by atoms with van der Waals surface area (Å²) in [5.41, 5.74) is -28.9. The number of methoxy groups -OCH3 is 1. The van der Waals surface area contributed by atoms with E-state index < -0.39 is 195 Å². The number of benzene rings is 5. The lowest BCUT2D eigenvalue weighted by atomic mass is 9.12. The van der Waals surface area contributed by atoms with Gasteiger partial charge >= 0.3 is 49.4 Å². The Morgan fingerprint density at radius 3 is 0.861 bits per heavy atom. The Bertz CT molecular complexity index is 2440. The molecule has 0 aliphatic rings. The molecular formula is C44H25BF24N2O. The summed E-state index contributed by atoms with van der Waals surface area (Å²) in [5.74, 6) is 0.633. The highest BCUT2D eigenvalue weighted by Crippen LogP contribution is 2.41. The zero-order valence-corrected chi connectivity index (χ0v) is 35.2. The fourth-order valence-corrected chi connectivity index (χ4v) is 7.48. The molecule has 0 fully saturated rings. The number of hydrogen-bond donors (Lipinski definition) is 0. The Morgan fingerprint density at radius 2 is 0.639 bits per heavy atom. The van der Waals surface area contributed by atoms with Crippen molar-refractivity contribution in [2.24, 2.45) is 0 Å². The first-order valence-electron chi connectivity index (χ1n) is 19.4. The van der Waals surface area contributed by atoms with Gasteiger partial charge in [0.25, 0.3) is 5.88 Å². The molecule has 5 aromatic carbocycles. The highest BCUT2D eigenvalue weighted by molar-refractivity contribution is 7.20. The second-order valence-corrected chi connectivity index (χ2v) is 15.5. The van der Waals surface area contributed by atoms with Gasteiger partial charge in [0.15, 0.2) is 12.7 Å². The van der Waals surface area contributed by atoms with Crippen molar-refractivity contribution in [3.63, 3.8) is 0 Å². The van der Waals surface area contributed by atoms with Crippen molar-refractivity contribution in [2.75, 3.05) is 7.11 Å². The lowest BCUT2D eigenvalue weighted by Crippen LogP contribution is -2.75. The van der Waals surface area contributed by atoms with E-state index in [1.54, 1.807) is 13.3 Å². The molecule has 1 aromatic heterocycles. The maximum absolute atomic E-state index is 14.2. The Morgan fingerprint density at radius 1 is 0.389 bits per heavy atom. The standard InChI is InChI=1S/C32H12BF24.C12H13N2O/c34-25(35,36)13-1-14(26(37,38)39)6-21(5-13)33(22-7-15(27(40,41)42)2-16(8-22)28(43,44)45,23-9-17(29(46,47)48)3-18(10-23)30(49,50)51)24-11-19(31(52,53)54)4-20(12-24)32(55,56)57;1-15-12-10-14(8-7-13-12)9-11-5-3-2-4-6-11/h1-12H;2-8,10H,9H2,1H3/q-1;+1. The zero-order chi connectivity index (χ0) is 54.4. The van der Waals surface area contributed by atoms with Crippen LogP contribution in [0.25, 0.3) is 0 Å². The molecule has 0 aliphatic heterocycles. The van der Waals surface area contributed by atoms with Crippen LogP contribution in [0, 0.1) is 0 Å². The van der Waals surface area contributed by atoms with Crippen LogP contribution in [0.2, 0.25) is 0 Å². The normalized spacial score (nSPS) is 13.4. The summed E-state index contributed by atoms with van der Waals surface area (Å²) in [4.78, 5) is 4.06. The lowest BCUT2D eigenvalue weighted by molar-refractivity contribution is -0.689. The molecule has 388 valence electrons. The van der Waals surface area contributed by atoms with Gasteiger partial charge in [0.1, 0.15) is 6.15 Å². The van der Waals surface area contributed by atoms with E-state index >= 15 is 0 Å². The molecule has 28 heteroatoms. The number of nitrogens with zero attached hydrogens (tertiary/aromatic N) is 2. The fraction of sp³-hybridized carbons (Fsp3) is 0.227. The fourth-order valence-electron chi connectivity index (χ4n) is 7.48. The minimum absolute atomic E-state index is 0.633. The van der Waals surface area contributed by atoms with E-state index in [1.165, 1.54) is 5.56 Å². The molecule has 0 saturated carbocycles. The molecular weight excluding hydrogens is 1040 g/mol. The van der Waals surface area contributed by atoms with Gasteiger partial charge in [0.05, 0.1) is 57.8 Å². The van der Waals surface area contributed by atoms with Gasteiger partial charge < -0.3 is 4.74 Å². The van der Waals surface area contributed by atoms with Crippen molar-refractivity contribution in [2.45, 2.75) is 56.0 Å². The molecule has 6 aromatic rings. The highest BCUT2D eigenvalue weighted by Gasteiger charge is 2.47. The van der Waals surface area contributed by atoms with Crippen LogP contribution < -0.4 is 31.2 Å². The van der Waals surface area contributed by atoms with Crippen LogP contribution in [0.4, 0.5) is 105 Å². The molecule has 1 heterocycles. The summed E-state index contributed by atoms with van der Waals surface area (Å²) in [6.45, 7) is 0.833. The van der Waals surface area contributed by atoms with Gasteiger partial charge in [-0.05, 0) is 24.3 Å². The molecule has 6 rings (SSSR count). The SMILES string of the molecule is COc1c[n+](Cc2ccccc2)ccn1.FC(F)(F)c1cc([B-](c2cc(C(F)(F)F)cc(C(F)(F)F)c2)(c2cc(C(F)(F)F)cc(C(F)(F)F)c2)c2cc(C(F)(F)F)cc(C(F)(F)F)c2)cc(C(F)(F)F)c1. The van der Waals surface area contributed by atoms with E-state index in [-0.39, 0.29) is 0 Å². The summed E-state index contributed by atoms with van der Waals surface area (Å²) < 4.78 is 348. The summed E-state index contributed by atoms with van der Waals surface area (Å²) in [6, 6.07) is 1.47. The second-order valence-electron chi connectivity index (χ2n) is 15.5. The van der Waals surface area contributed by atoms with Gasteiger partial charge in [0, 0.05) is 5.56 Å². The molecule has 0 N–H and O–H groups in total. The average Bonchev–Trinajstić information content (AvgIpc) is 3.24. The maximum atomic E-state index is 14.2. The van der Waals surface area contributed by atoms with Gasteiger partial charge in [-0.2, -0.15) is 132 Å². The Hall–Kier alpha value is -6.64. The quantitative estimate of drug-likeness (QED) is 0.0905. The molecule has 0 unspecified atom stereocenters. The van der Waals surface area contributed by atoms with Crippen LogP contribution in [-0.2, 0) is 56.0 Å². The zero-order valence-electron chi connectivity index (χ0n) is 35.2. The monoisotopic (exact) mass is 1060 g/mol. The van der Waals surface area contributed by atoms with Gasteiger partial charge in [0.2, 0.25) is 6.20 Å². The number of rotatable bonds is 7. The van der Waals surface area contributed by atoms with Crippen LogP contribution in [-0.4, -0.2) is 18.2 Å². The minimum Gasteiger partial charge on any atom is -0.477 e. The summed E-state index contributed by atoms with van der Waals surface area (Å²) >= 11 is 0. The predicted octanol–water partition coefficient (Wildman–Crippen LogP) is 12.6. The second kappa shape index (κ2) is 19.4. The summed E-state index contributed by atoms with van der Waals surface area (Å²) in [7, 11) is 1.62. The molecule has 0 saturated heterocycles. The van der Waals surface area contributed by atoms with E-state index in [1.807, 2.05) is 35.2 Å². The Balaban J connectivity index is 0.000000542. The molecule has 0 radical (unpaired) electrons. The van der Waals surface area contributed by atoms with Crippen molar-refractivity contribution in [3.05, 3.63) is 172 Å². The van der Waals surface area contributed by atoms with E-state index in [2.05, 4.69) is 17.1 Å². The van der Waals surface area contributed by atoms with E-state index in [0.29, 0.717) is 5.88 Å². The van der Waals surface area contributed by atoms with Gasteiger partial charge in [-0.25, -0.2) is 4.98 Å². The minimum atomic E-state index is -6.13. The van der Waals surface area contributed by atoms with Crippen LogP contribution in [0.1, 0.15) is 50.1 Å². The van der Waals surface area contributed by atoms with Crippen molar-refractivity contribution in [1.29, 1.82) is 0 Å². The van der Waals surface area contributed by atoms with E-state index in [9.17, 15) is 105 Å². The number of ether oxygens (including phenoxy) is 1. The Labute approximate surface area is 388 Å². The van der Waals surface area contributed by atoms with E-state index in [4.69, 9.17) is 4.74 Å². The molecule has 0 aliphatic carbocycles. The van der Waals surface area contributed by atoms with Gasteiger partial charge in [-0.15, -0.1) is 0 Å². The number of halogens is 24. The number of alkyl halides is 24. The first-order chi connectivity index (χ1) is 32.6. The van der Waals surface area contributed by atoms with Crippen molar-refractivity contribution < 1.29 is 115 Å². The van der Waals surface area contributed by atoms with Crippen LogP contribution >= 0.6 is 0 Å². The Kier molecular flexibility index (Phi) is 15.2. The lowest BCUT2D eigenvalue weighted by Gasteiger charge is -2.46. The molecule has 0 spiro atoms. The smallest absolute Gasteiger partial charge is 0.416 e. The molecule has 72 heavy (non-hydrogen) atoms. The predicted molar refractivity (Wildman–Crippen MR) is 207 cm³/mol. The number of aromatic nitrogens is 2. The molecule has 0 amide bonds. The summed E-state index contributed by atoms with van der Waals surface area (Å²) in [6.07, 6.45) is -49.3. The third-order valence-electron chi connectivity index (χ3n) is 10.6. The first kappa shape index (κ1) is 56.3. The number of hydrogen-bond acceptors (Lipinski definition) is 2. The summed E-state index contributed by atoms with van der Waals surface area (Å²) in [5, 5.41) is 0. The molecule has 3 nitrogen and oxygen atoms in total. The van der Waals surface area contributed by atoms with Crippen LogP contribution in [0.3, 0.4) is 0 Å². The van der Waals surface area contributed by atoms with Crippen molar-refractivity contribution in [3.8, 4) is 5.88 Å². The van der Waals surface area contributed by atoms with Crippen LogP contribution in [0.5, 0.6) is 5.88 Å². The van der Waals surface area contributed by atoms with E-state index in [0.717, 1.165) is 6.54 Å².